The summed E-state index contributed by atoms with van der Waals surface area (Å²) in [7, 11) is 4.91. The van der Waals surface area contributed by atoms with E-state index in [1.807, 2.05) is 18.9 Å². The van der Waals surface area contributed by atoms with E-state index in [9.17, 15) is 9.59 Å². The molecule has 0 aromatic carbocycles. The van der Waals surface area contributed by atoms with E-state index in [1.54, 1.807) is 7.05 Å². The number of aryl methyl sites for hydroxylation is 1. The summed E-state index contributed by atoms with van der Waals surface area (Å²) >= 11 is 0. The van der Waals surface area contributed by atoms with Crippen molar-refractivity contribution >= 4 is 17.1 Å². The van der Waals surface area contributed by atoms with Gasteiger partial charge in [-0.3, -0.25) is 13.9 Å². The number of imidazole rings is 1. The molecule has 3 N–H and O–H groups in total. The number of fused-ring (bicyclic) bond motifs is 1. The maximum atomic E-state index is 12.1. The molecule has 0 aliphatic heterocycles. The first-order valence-electron chi connectivity index (χ1n) is 6.43. The molecule has 2 rings (SSSR count). The molecule has 0 radical (unpaired) electrons. The van der Waals surface area contributed by atoms with Gasteiger partial charge in [0, 0.05) is 27.7 Å². The molecule has 1 unspecified atom stereocenters. The highest BCUT2D eigenvalue weighted by molar-refractivity contribution is 5.72. The number of hydrogen-bond donors (Lipinski definition) is 2. The molecule has 110 valence electrons. The van der Waals surface area contributed by atoms with Crippen LogP contribution in [-0.2, 0) is 14.1 Å². The maximum Gasteiger partial charge on any atom is 0.332 e. The predicted molar refractivity (Wildman–Crippen MR) is 78.1 cm³/mol. The molecule has 0 aliphatic rings. The number of aromatic nitrogens is 4. The maximum absolute atomic E-state index is 12.1. The van der Waals surface area contributed by atoms with Gasteiger partial charge in [-0.2, -0.15) is 4.98 Å². The topological polar surface area (TPSA) is 102 Å². The van der Waals surface area contributed by atoms with Crippen LogP contribution < -0.4 is 21.9 Å². The summed E-state index contributed by atoms with van der Waals surface area (Å²) in [5, 5.41) is 0. The minimum absolute atomic E-state index is 0.305. The number of rotatable bonds is 4. The molecular formula is C12H20N6O2. The summed E-state index contributed by atoms with van der Waals surface area (Å²) in [5.74, 6) is 0.860. The number of nitrogens with two attached hydrogens (primary N) is 1. The summed E-state index contributed by atoms with van der Waals surface area (Å²) < 4.78 is 2.42. The second-order valence-electron chi connectivity index (χ2n) is 5.19. The Morgan fingerprint density at radius 2 is 2.00 bits per heavy atom. The Morgan fingerprint density at radius 3 is 2.60 bits per heavy atom. The smallest absolute Gasteiger partial charge is 0.332 e. The van der Waals surface area contributed by atoms with Crippen LogP contribution in [0.25, 0.3) is 11.2 Å². The van der Waals surface area contributed by atoms with Gasteiger partial charge in [-0.05, 0) is 12.5 Å². The second-order valence-corrected chi connectivity index (χ2v) is 5.19. The zero-order valence-electron chi connectivity index (χ0n) is 12.2. The molecule has 20 heavy (non-hydrogen) atoms. The van der Waals surface area contributed by atoms with E-state index in [4.69, 9.17) is 5.73 Å². The van der Waals surface area contributed by atoms with Gasteiger partial charge in [0.05, 0.1) is 0 Å². The molecule has 2 aromatic rings. The van der Waals surface area contributed by atoms with Crippen molar-refractivity contribution in [2.75, 3.05) is 25.0 Å². The van der Waals surface area contributed by atoms with E-state index in [2.05, 4.69) is 9.97 Å². The quantitative estimate of drug-likeness (QED) is 0.747. The van der Waals surface area contributed by atoms with Crippen molar-refractivity contribution in [3.05, 3.63) is 20.8 Å². The highest BCUT2D eigenvalue weighted by atomic mass is 16.2. The Hall–Kier alpha value is -2.09. The molecular weight excluding hydrogens is 260 g/mol. The summed E-state index contributed by atoms with van der Waals surface area (Å²) in [6.45, 7) is 3.32. The number of aromatic amines is 1. The van der Waals surface area contributed by atoms with Crippen molar-refractivity contribution in [1.82, 2.24) is 19.1 Å². The standard InChI is InChI=1S/C12H20N6O2/c1-7(5-13)6-16(2)11-14-8-9(15-11)17(3)12(20)18(4)10(8)19/h7H,5-6,13H2,1-4H3,(H,14,15). The van der Waals surface area contributed by atoms with Gasteiger partial charge in [-0.1, -0.05) is 6.92 Å². The van der Waals surface area contributed by atoms with Crippen LogP contribution in [0.3, 0.4) is 0 Å². The number of anilines is 1. The van der Waals surface area contributed by atoms with E-state index in [0.29, 0.717) is 36.1 Å². The van der Waals surface area contributed by atoms with Crippen LogP contribution in [0.2, 0.25) is 0 Å². The molecule has 2 heterocycles. The Morgan fingerprint density at radius 1 is 1.35 bits per heavy atom. The van der Waals surface area contributed by atoms with Gasteiger partial charge >= 0.3 is 5.69 Å². The molecule has 8 heteroatoms. The van der Waals surface area contributed by atoms with Gasteiger partial charge < -0.3 is 15.6 Å². The fraction of sp³-hybridized carbons (Fsp3) is 0.583. The lowest BCUT2D eigenvalue weighted by Crippen LogP contribution is -2.36. The van der Waals surface area contributed by atoms with E-state index in [1.165, 1.54) is 11.6 Å². The molecule has 0 amide bonds. The summed E-state index contributed by atoms with van der Waals surface area (Å²) in [6.07, 6.45) is 0. The Labute approximate surface area is 115 Å². The highest BCUT2D eigenvalue weighted by Crippen LogP contribution is 2.13. The summed E-state index contributed by atoms with van der Waals surface area (Å²) in [6, 6.07) is 0. The fourth-order valence-electron chi connectivity index (χ4n) is 2.12. The van der Waals surface area contributed by atoms with Gasteiger partial charge in [-0.25, -0.2) is 4.79 Å². The number of nitrogens with one attached hydrogen (secondary N) is 1. The number of hydrogen-bond acceptors (Lipinski definition) is 5. The minimum Gasteiger partial charge on any atom is -0.345 e. The average Bonchev–Trinajstić information content (AvgIpc) is 2.88. The average molecular weight is 280 g/mol. The number of H-pyrrole nitrogens is 1. The highest BCUT2D eigenvalue weighted by Gasteiger charge is 2.16. The van der Waals surface area contributed by atoms with Gasteiger partial charge in [0.25, 0.3) is 5.56 Å². The third-order valence-corrected chi connectivity index (χ3v) is 3.43. The van der Waals surface area contributed by atoms with Crippen LogP contribution in [0.5, 0.6) is 0 Å². The molecule has 0 aliphatic carbocycles. The predicted octanol–water partition coefficient (Wildman–Crippen LogP) is -1.01. The van der Waals surface area contributed by atoms with Crippen molar-refractivity contribution in [2.45, 2.75) is 6.92 Å². The van der Waals surface area contributed by atoms with Crippen molar-refractivity contribution in [3.63, 3.8) is 0 Å². The normalized spacial score (nSPS) is 12.8. The molecule has 0 fully saturated rings. The molecule has 8 nitrogen and oxygen atoms in total. The van der Waals surface area contributed by atoms with Crippen LogP contribution in [0.15, 0.2) is 9.59 Å². The Kier molecular flexibility index (Phi) is 3.67. The Balaban J connectivity index is 2.55. The van der Waals surface area contributed by atoms with Crippen molar-refractivity contribution in [3.8, 4) is 0 Å². The Bertz CT molecular complexity index is 741. The molecule has 0 saturated heterocycles. The molecule has 1 atom stereocenters. The van der Waals surface area contributed by atoms with E-state index >= 15 is 0 Å². The van der Waals surface area contributed by atoms with E-state index in [0.717, 1.165) is 4.57 Å². The van der Waals surface area contributed by atoms with Gasteiger partial charge in [0.2, 0.25) is 5.95 Å². The largest absolute Gasteiger partial charge is 0.345 e. The van der Waals surface area contributed by atoms with E-state index in [-0.39, 0.29) is 5.56 Å². The number of nitrogens with zero attached hydrogens (tertiary/aromatic N) is 4. The van der Waals surface area contributed by atoms with Gasteiger partial charge in [-0.15, -0.1) is 0 Å². The van der Waals surface area contributed by atoms with Crippen LogP contribution >= 0.6 is 0 Å². The fourth-order valence-corrected chi connectivity index (χ4v) is 2.12. The molecule has 0 spiro atoms. The lowest BCUT2D eigenvalue weighted by atomic mass is 10.2. The minimum atomic E-state index is -0.390. The van der Waals surface area contributed by atoms with E-state index < -0.39 is 5.69 Å². The first kappa shape index (κ1) is 14.3. The van der Waals surface area contributed by atoms with Crippen molar-refractivity contribution in [2.24, 2.45) is 25.7 Å². The van der Waals surface area contributed by atoms with Crippen molar-refractivity contribution < 1.29 is 0 Å². The summed E-state index contributed by atoms with van der Waals surface area (Å²) in [4.78, 5) is 33.1. The third kappa shape index (κ3) is 2.22. The van der Waals surface area contributed by atoms with Crippen LogP contribution in [0.4, 0.5) is 5.95 Å². The van der Waals surface area contributed by atoms with Crippen LogP contribution in [0.1, 0.15) is 6.92 Å². The monoisotopic (exact) mass is 280 g/mol. The van der Waals surface area contributed by atoms with Crippen molar-refractivity contribution in [1.29, 1.82) is 0 Å². The SMILES string of the molecule is CC(CN)CN(C)c1nc2c([nH]1)c(=O)n(C)c(=O)n2C. The third-order valence-electron chi connectivity index (χ3n) is 3.43. The van der Waals surface area contributed by atoms with Crippen LogP contribution in [-0.4, -0.2) is 39.2 Å². The zero-order valence-corrected chi connectivity index (χ0v) is 12.2. The second kappa shape index (κ2) is 5.12. The molecule has 0 bridgehead atoms. The molecule has 2 aromatic heterocycles. The van der Waals surface area contributed by atoms with Gasteiger partial charge in [0.1, 0.15) is 0 Å². The lowest BCUT2D eigenvalue weighted by molar-refractivity contribution is 0.585. The summed E-state index contributed by atoms with van der Waals surface area (Å²) in [5.41, 5.74) is 5.53. The molecule has 0 saturated carbocycles. The lowest BCUT2D eigenvalue weighted by Gasteiger charge is -2.19. The van der Waals surface area contributed by atoms with Gasteiger partial charge in [0.15, 0.2) is 11.2 Å². The first-order chi connectivity index (χ1) is 9.36. The first-order valence-corrected chi connectivity index (χ1v) is 6.43. The zero-order chi connectivity index (χ0) is 15.0. The van der Waals surface area contributed by atoms with Crippen LogP contribution in [0, 0.1) is 5.92 Å².